The van der Waals surface area contributed by atoms with Crippen LogP contribution < -0.4 is 16.4 Å². The third-order valence-corrected chi connectivity index (χ3v) is 13.1. The number of carboxylic acids is 1. The number of nitrogen functional groups attached to an aromatic ring is 1. The number of rotatable bonds is 24. The molecule has 0 saturated carbocycles. The molecule has 350 valence electrons. The second-order valence-electron chi connectivity index (χ2n) is 14.3. The van der Waals surface area contributed by atoms with Crippen molar-refractivity contribution < 1.29 is 95.5 Å². The number of nitrogens with two attached hydrogens (primary N) is 1. The Kier molecular flexibility index (Phi) is 18.0. The first-order valence-electron chi connectivity index (χ1n) is 18.3. The second kappa shape index (κ2) is 21.9. The summed E-state index contributed by atoms with van der Waals surface area (Å²) in [5, 5.41) is 45.6. The average Bonchev–Trinajstić information content (AvgIpc) is 3.76. The summed E-state index contributed by atoms with van der Waals surface area (Å²) in [6.07, 6.45) is -9.23. The molecule has 1 aliphatic heterocycles. The molecule has 2 aromatic heterocycles. The van der Waals surface area contributed by atoms with E-state index < -0.39 is 114 Å². The molecular formula is C32H46N7O20P3S. The standard InChI is InChI=1S/C32H46N7O20P3S/c1-32(2,26(45)29(46)35-9-8-20(40)34-10-11-63-31(47)18(12-21(41)42)23(43)17-6-4-3-5-7-17)14-56-62(53,54)59-61(51,52)55-13-19-25(58-60(48,49)50)24(44)30(57-19)39-16-38-22-27(33)36-15-37-28(22)39/h3-7,15-16,18-19,23-26,30,43-45H,8-14H2,1-2H3,(H,34,40)(H,35,46)(H,41,42)(H,51,52)(H,53,54)(H2,33,36,37)(H2,48,49,50)/t18-,19+,23-,24+,25+,26-,30+/m0/s1. The summed E-state index contributed by atoms with van der Waals surface area (Å²) in [6, 6.07) is 8.05. The van der Waals surface area contributed by atoms with Gasteiger partial charge in [0.1, 0.15) is 36.3 Å². The lowest BCUT2D eigenvalue weighted by Crippen LogP contribution is -2.46. The van der Waals surface area contributed by atoms with E-state index in [-0.39, 0.29) is 42.2 Å². The zero-order valence-electron chi connectivity index (χ0n) is 33.1. The molecule has 1 aliphatic rings. The van der Waals surface area contributed by atoms with E-state index in [9.17, 15) is 72.9 Å². The molecule has 2 amide bonds. The number of fused-ring (bicyclic) bond motifs is 1. The maximum atomic E-state index is 12.7. The predicted molar refractivity (Wildman–Crippen MR) is 214 cm³/mol. The van der Waals surface area contributed by atoms with E-state index in [1.807, 2.05) is 0 Å². The predicted octanol–water partition coefficient (Wildman–Crippen LogP) is -0.511. The lowest BCUT2D eigenvalue weighted by atomic mass is 9.87. The number of aliphatic hydroxyl groups is 3. The third-order valence-electron chi connectivity index (χ3n) is 8.97. The number of hydrogen-bond donors (Lipinski definition) is 11. The first kappa shape index (κ1) is 51.8. The van der Waals surface area contributed by atoms with Crippen molar-refractivity contribution in [3.8, 4) is 0 Å². The zero-order valence-corrected chi connectivity index (χ0v) is 36.6. The maximum absolute atomic E-state index is 12.7. The van der Waals surface area contributed by atoms with Crippen LogP contribution >= 0.6 is 35.2 Å². The van der Waals surface area contributed by atoms with Crippen LogP contribution in [0.1, 0.15) is 44.6 Å². The first-order valence-corrected chi connectivity index (χ1v) is 23.8. The fourth-order valence-electron chi connectivity index (χ4n) is 5.78. The number of aliphatic carboxylic acids is 1. The van der Waals surface area contributed by atoms with E-state index in [1.54, 1.807) is 30.3 Å². The number of anilines is 1. The van der Waals surface area contributed by atoms with Gasteiger partial charge in [0.2, 0.25) is 11.8 Å². The number of phosphoric acid groups is 3. The molecule has 0 bridgehead atoms. The van der Waals surface area contributed by atoms with Crippen LogP contribution in [-0.2, 0) is 55.5 Å². The molecule has 1 aromatic carbocycles. The Morgan fingerprint density at radius 1 is 0.984 bits per heavy atom. The van der Waals surface area contributed by atoms with Crippen molar-refractivity contribution in [2.75, 3.05) is 37.8 Å². The third kappa shape index (κ3) is 15.1. The minimum atomic E-state index is -5.61. The van der Waals surface area contributed by atoms with Crippen molar-refractivity contribution in [3.05, 3.63) is 48.5 Å². The summed E-state index contributed by atoms with van der Waals surface area (Å²) in [7, 11) is -16.5. The van der Waals surface area contributed by atoms with Crippen LogP contribution in [0.15, 0.2) is 43.0 Å². The molecule has 0 spiro atoms. The van der Waals surface area contributed by atoms with Gasteiger partial charge in [-0.25, -0.2) is 28.6 Å². The molecule has 1 saturated heterocycles. The van der Waals surface area contributed by atoms with Crippen molar-refractivity contribution in [1.82, 2.24) is 30.2 Å². The highest BCUT2D eigenvalue weighted by atomic mass is 32.2. The molecule has 12 N–H and O–H groups in total. The van der Waals surface area contributed by atoms with Crippen LogP contribution in [0.5, 0.6) is 0 Å². The molecule has 0 radical (unpaired) electrons. The maximum Gasteiger partial charge on any atom is 0.481 e. The number of aromatic nitrogens is 4. The number of benzene rings is 1. The Morgan fingerprint density at radius 3 is 2.30 bits per heavy atom. The number of carbonyl (C=O) groups is 4. The minimum absolute atomic E-state index is 0.0125. The fraction of sp³-hybridized carbons (Fsp3) is 0.531. The van der Waals surface area contributed by atoms with Gasteiger partial charge in [0.15, 0.2) is 22.8 Å². The van der Waals surface area contributed by atoms with Crippen LogP contribution in [0.2, 0.25) is 0 Å². The summed E-state index contributed by atoms with van der Waals surface area (Å²) in [6.45, 7) is -0.0131. The molecule has 31 heteroatoms. The quantitative estimate of drug-likeness (QED) is 0.0398. The van der Waals surface area contributed by atoms with Gasteiger partial charge >= 0.3 is 29.4 Å². The molecule has 0 aliphatic carbocycles. The Hall–Kier alpha value is -3.79. The fourth-order valence-corrected chi connectivity index (χ4v) is 9.44. The number of nitrogens with one attached hydrogen (secondary N) is 2. The Balaban J connectivity index is 1.21. The van der Waals surface area contributed by atoms with Gasteiger partial charge in [0.05, 0.1) is 38.0 Å². The molecule has 3 heterocycles. The number of hydrogen-bond acceptors (Lipinski definition) is 20. The highest BCUT2D eigenvalue weighted by Crippen LogP contribution is 2.61. The Bertz CT molecular complexity index is 2230. The number of amides is 2. The van der Waals surface area contributed by atoms with Gasteiger partial charge in [-0.1, -0.05) is 55.9 Å². The summed E-state index contributed by atoms with van der Waals surface area (Å²) in [5.41, 5.74) is 4.53. The van der Waals surface area contributed by atoms with Gasteiger partial charge in [0, 0.05) is 30.7 Å². The van der Waals surface area contributed by atoms with Gasteiger partial charge in [0.25, 0.3) is 0 Å². The molecule has 4 rings (SSSR count). The summed E-state index contributed by atoms with van der Waals surface area (Å²) in [4.78, 5) is 100. The highest BCUT2D eigenvalue weighted by molar-refractivity contribution is 8.13. The van der Waals surface area contributed by atoms with Gasteiger partial charge in [-0.2, -0.15) is 4.31 Å². The van der Waals surface area contributed by atoms with Crippen LogP contribution in [0.4, 0.5) is 5.82 Å². The summed E-state index contributed by atoms with van der Waals surface area (Å²) in [5.74, 6) is -4.18. The number of imidazole rings is 1. The van der Waals surface area contributed by atoms with Crippen molar-refractivity contribution >= 4 is 75.1 Å². The van der Waals surface area contributed by atoms with E-state index in [0.717, 1.165) is 29.0 Å². The number of nitrogens with zero attached hydrogens (tertiary/aromatic N) is 4. The van der Waals surface area contributed by atoms with Crippen molar-refractivity contribution in [3.63, 3.8) is 0 Å². The largest absolute Gasteiger partial charge is 0.481 e. The number of ether oxygens (including phenoxy) is 1. The van der Waals surface area contributed by atoms with Gasteiger partial charge in [-0.15, -0.1) is 0 Å². The minimum Gasteiger partial charge on any atom is -0.481 e. The SMILES string of the molecule is CC(C)(COP(=O)(O)OP(=O)(O)OC[C@H]1O[C@@H](n2cnc3c(N)ncnc32)[C@H](O)[C@@H]1OP(=O)(O)O)[C@@H](O)C(=O)NCCC(=O)NCCSC(=O)[C@@H](CC(=O)O)[C@@H](O)c1ccccc1. The second-order valence-corrected chi connectivity index (χ2v) is 19.6. The number of aliphatic hydroxyl groups excluding tert-OH is 3. The highest BCUT2D eigenvalue weighted by Gasteiger charge is 2.50. The van der Waals surface area contributed by atoms with E-state index in [0.29, 0.717) is 5.56 Å². The summed E-state index contributed by atoms with van der Waals surface area (Å²) >= 11 is 0.720. The number of carbonyl (C=O) groups excluding carboxylic acids is 3. The Labute approximate surface area is 361 Å². The number of phosphoric ester groups is 3. The molecule has 3 aromatic rings. The lowest BCUT2D eigenvalue weighted by molar-refractivity contribution is -0.141. The molecule has 2 unspecified atom stereocenters. The van der Waals surface area contributed by atoms with Crippen LogP contribution in [0.3, 0.4) is 0 Å². The summed E-state index contributed by atoms with van der Waals surface area (Å²) < 4.78 is 62.2. The number of carboxylic acid groups (broad SMARTS) is 1. The van der Waals surface area contributed by atoms with Gasteiger partial charge < -0.3 is 61.1 Å². The van der Waals surface area contributed by atoms with Crippen molar-refractivity contribution in [2.24, 2.45) is 11.3 Å². The van der Waals surface area contributed by atoms with E-state index in [1.165, 1.54) is 13.8 Å². The van der Waals surface area contributed by atoms with Crippen molar-refractivity contribution in [1.29, 1.82) is 0 Å². The Morgan fingerprint density at radius 2 is 1.65 bits per heavy atom. The molecule has 1 fully saturated rings. The van der Waals surface area contributed by atoms with Crippen LogP contribution in [0.25, 0.3) is 11.2 Å². The first-order chi connectivity index (χ1) is 29.3. The smallest absolute Gasteiger partial charge is 0.481 e. The van der Waals surface area contributed by atoms with Crippen LogP contribution in [-0.4, -0.2) is 139 Å². The van der Waals surface area contributed by atoms with E-state index in [4.69, 9.17) is 19.5 Å². The average molecular weight is 974 g/mol. The molecule has 63 heavy (non-hydrogen) atoms. The topological polar surface area (TPSA) is 421 Å². The zero-order chi connectivity index (χ0) is 46.9. The molecule has 9 atom stereocenters. The van der Waals surface area contributed by atoms with E-state index >= 15 is 0 Å². The molecular weight excluding hydrogens is 927 g/mol. The lowest BCUT2D eigenvalue weighted by Gasteiger charge is -2.30. The van der Waals surface area contributed by atoms with Gasteiger partial charge in [-0.3, -0.25) is 37.3 Å². The van der Waals surface area contributed by atoms with Crippen LogP contribution in [0, 0.1) is 11.3 Å². The number of thioether (sulfide) groups is 1. The van der Waals surface area contributed by atoms with Crippen molar-refractivity contribution in [2.45, 2.75) is 63.4 Å². The monoisotopic (exact) mass is 973 g/mol. The van der Waals surface area contributed by atoms with E-state index in [2.05, 4.69) is 34.4 Å². The molecule has 27 nitrogen and oxygen atoms in total. The van der Waals surface area contributed by atoms with Gasteiger partial charge in [-0.05, 0) is 5.56 Å². The normalized spacial score (nSPS) is 21.5.